The van der Waals surface area contributed by atoms with Gasteiger partial charge in [-0.2, -0.15) is 0 Å². The molecule has 0 atom stereocenters. The lowest BCUT2D eigenvalue weighted by Gasteiger charge is -2.08. The smallest absolute Gasteiger partial charge is 0.354 e. The molecule has 0 unspecified atom stereocenters. The van der Waals surface area contributed by atoms with Crippen molar-refractivity contribution in [1.29, 1.82) is 0 Å². The monoisotopic (exact) mass is 488 g/mol. The summed E-state index contributed by atoms with van der Waals surface area (Å²) in [7, 11) is 0. The number of benzene rings is 2. The molecule has 0 aliphatic rings. The van der Waals surface area contributed by atoms with Gasteiger partial charge in [0.2, 0.25) is 0 Å². The van der Waals surface area contributed by atoms with Gasteiger partial charge < -0.3 is 19.6 Å². The minimum Gasteiger partial charge on any atom is -0.459 e. The summed E-state index contributed by atoms with van der Waals surface area (Å²) in [4.78, 5) is 31.5. The molecule has 0 aliphatic carbocycles. The van der Waals surface area contributed by atoms with Crippen molar-refractivity contribution < 1.29 is 28.6 Å². The van der Waals surface area contributed by atoms with Crippen LogP contribution in [0.2, 0.25) is 0 Å². The van der Waals surface area contributed by atoms with Gasteiger partial charge in [-0.1, -0.05) is 29.8 Å². The van der Waals surface area contributed by atoms with Gasteiger partial charge in [-0.15, -0.1) is 0 Å². The molecule has 4 aromatic rings. The Bertz CT molecular complexity index is 1360. The number of aliphatic hydroxyl groups excluding tert-OH is 1. The number of H-pyrrole nitrogens is 1. The molecule has 0 aliphatic heterocycles. The normalized spacial score (nSPS) is 10.8. The van der Waals surface area contributed by atoms with Gasteiger partial charge in [-0.3, -0.25) is 9.78 Å². The predicted molar refractivity (Wildman–Crippen MR) is 131 cm³/mol. The van der Waals surface area contributed by atoms with Crippen LogP contribution < -0.4 is 4.74 Å². The number of nitrogens with zero attached hydrogens (tertiary/aromatic N) is 1. The molecule has 4 rings (SSSR count). The largest absolute Gasteiger partial charge is 0.459 e. The van der Waals surface area contributed by atoms with E-state index >= 15 is 0 Å². The highest BCUT2D eigenvalue weighted by molar-refractivity contribution is 5.89. The maximum absolute atomic E-state index is 13.9. The van der Waals surface area contributed by atoms with E-state index in [9.17, 15) is 14.0 Å². The molecular weight excluding hydrogens is 463 g/mol. The van der Waals surface area contributed by atoms with Crippen molar-refractivity contribution in [3.8, 4) is 22.8 Å². The lowest BCUT2D eigenvalue weighted by Crippen LogP contribution is -2.08. The highest BCUT2D eigenvalue weighted by Crippen LogP contribution is 2.27. The summed E-state index contributed by atoms with van der Waals surface area (Å²) in [6.45, 7) is 1.54. The van der Waals surface area contributed by atoms with E-state index in [1.54, 1.807) is 67.0 Å². The van der Waals surface area contributed by atoms with E-state index in [4.69, 9.17) is 14.6 Å². The molecule has 0 bridgehead atoms. The SMILES string of the molecule is Cc1ccc(F)c(CC(=O)Cc2ccc(Oc3ccnc(-c4c[nH]c(C(=O)OCCO)c4)c3)cc2)c1. The minimum absolute atomic E-state index is 0.0472. The van der Waals surface area contributed by atoms with Crippen molar-refractivity contribution in [2.45, 2.75) is 19.8 Å². The number of rotatable bonds is 10. The second-order valence-corrected chi connectivity index (χ2v) is 8.27. The van der Waals surface area contributed by atoms with Crippen LogP contribution >= 0.6 is 0 Å². The zero-order chi connectivity index (χ0) is 25.5. The minimum atomic E-state index is -0.565. The van der Waals surface area contributed by atoms with Crippen LogP contribution in [0.3, 0.4) is 0 Å². The number of aromatic nitrogens is 2. The molecule has 0 spiro atoms. The number of Topliss-reactive ketones (excluding diaryl/α,β-unsaturated/α-hetero) is 1. The average molecular weight is 489 g/mol. The summed E-state index contributed by atoms with van der Waals surface area (Å²) in [5.41, 5.74) is 3.65. The van der Waals surface area contributed by atoms with Crippen molar-refractivity contribution in [1.82, 2.24) is 9.97 Å². The predicted octanol–water partition coefficient (Wildman–Crippen LogP) is 4.82. The number of carbonyl (C=O) groups is 2. The molecule has 0 fully saturated rings. The van der Waals surface area contributed by atoms with E-state index in [2.05, 4.69) is 9.97 Å². The van der Waals surface area contributed by atoms with Crippen LogP contribution in [-0.4, -0.2) is 40.0 Å². The Morgan fingerprint density at radius 1 is 1.00 bits per heavy atom. The highest BCUT2D eigenvalue weighted by atomic mass is 19.1. The van der Waals surface area contributed by atoms with Crippen LogP contribution in [0, 0.1) is 12.7 Å². The van der Waals surface area contributed by atoms with E-state index in [1.807, 2.05) is 6.92 Å². The number of aromatic amines is 1. The number of aryl methyl sites for hydroxylation is 1. The molecular formula is C28H25FN2O5. The molecule has 2 aromatic heterocycles. The van der Waals surface area contributed by atoms with Gasteiger partial charge in [0.1, 0.15) is 35.4 Å². The fraction of sp³-hybridized carbons (Fsp3) is 0.179. The van der Waals surface area contributed by atoms with Crippen LogP contribution in [0.15, 0.2) is 73.1 Å². The number of hydrogen-bond donors (Lipinski definition) is 2. The van der Waals surface area contributed by atoms with E-state index in [0.717, 1.165) is 11.1 Å². The number of ether oxygens (including phenoxy) is 2. The summed E-state index contributed by atoms with van der Waals surface area (Å²) >= 11 is 0. The highest BCUT2D eigenvalue weighted by Gasteiger charge is 2.13. The van der Waals surface area contributed by atoms with Crippen molar-refractivity contribution in [2.24, 2.45) is 0 Å². The van der Waals surface area contributed by atoms with Crippen molar-refractivity contribution in [3.63, 3.8) is 0 Å². The van der Waals surface area contributed by atoms with Gasteiger partial charge in [0.05, 0.1) is 12.3 Å². The summed E-state index contributed by atoms with van der Waals surface area (Å²) in [6.07, 6.45) is 3.48. The molecule has 2 N–H and O–H groups in total. The first-order chi connectivity index (χ1) is 17.4. The molecule has 2 aromatic carbocycles. The summed E-state index contributed by atoms with van der Waals surface area (Å²) in [5.74, 6) is 0.120. The second-order valence-electron chi connectivity index (χ2n) is 8.27. The zero-order valence-electron chi connectivity index (χ0n) is 19.7. The van der Waals surface area contributed by atoms with E-state index in [0.29, 0.717) is 28.3 Å². The number of ketones is 1. The first-order valence-corrected chi connectivity index (χ1v) is 11.4. The lowest BCUT2D eigenvalue weighted by atomic mass is 10.0. The van der Waals surface area contributed by atoms with Crippen LogP contribution in [0.4, 0.5) is 4.39 Å². The number of pyridine rings is 1. The van der Waals surface area contributed by atoms with Crippen molar-refractivity contribution in [3.05, 3.63) is 101 Å². The molecule has 0 saturated carbocycles. The topological polar surface area (TPSA) is 102 Å². The zero-order valence-corrected chi connectivity index (χ0v) is 19.7. The molecule has 2 heterocycles. The van der Waals surface area contributed by atoms with E-state index in [-0.39, 0.29) is 43.3 Å². The molecule has 8 heteroatoms. The van der Waals surface area contributed by atoms with Crippen LogP contribution in [0.25, 0.3) is 11.3 Å². The number of esters is 1. The van der Waals surface area contributed by atoms with Crippen LogP contribution in [0.5, 0.6) is 11.5 Å². The number of carbonyl (C=O) groups excluding carboxylic acids is 2. The van der Waals surface area contributed by atoms with Crippen LogP contribution in [-0.2, 0) is 22.4 Å². The maximum atomic E-state index is 13.9. The van der Waals surface area contributed by atoms with Gasteiger partial charge in [0.25, 0.3) is 0 Å². The fourth-order valence-electron chi connectivity index (χ4n) is 3.66. The van der Waals surface area contributed by atoms with E-state index < -0.39 is 5.97 Å². The Morgan fingerprint density at radius 2 is 1.81 bits per heavy atom. The molecule has 0 radical (unpaired) electrons. The number of hydrogen-bond acceptors (Lipinski definition) is 6. The van der Waals surface area contributed by atoms with Gasteiger partial charge in [0.15, 0.2) is 0 Å². The fourth-order valence-corrected chi connectivity index (χ4v) is 3.66. The van der Waals surface area contributed by atoms with Gasteiger partial charge >= 0.3 is 5.97 Å². The summed E-state index contributed by atoms with van der Waals surface area (Å²) in [6, 6.07) is 17.0. The Kier molecular flexibility index (Phi) is 7.87. The third-order valence-corrected chi connectivity index (χ3v) is 5.40. The quantitative estimate of drug-likeness (QED) is 0.311. The second kappa shape index (κ2) is 11.4. The molecule has 0 amide bonds. The molecule has 36 heavy (non-hydrogen) atoms. The number of nitrogens with one attached hydrogen (secondary N) is 1. The number of halogens is 1. The number of aliphatic hydroxyl groups is 1. The summed E-state index contributed by atoms with van der Waals surface area (Å²) in [5, 5.41) is 8.78. The third-order valence-electron chi connectivity index (χ3n) is 5.40. The Labute approximate surface area is 207 Å². The van der Waals surface area contributed by atoms with Crippen molar-refractivity contribution in [2.75, 3.05) is 13.2 Å². The standard InChI is InChI=1S/C28H25FN2O5/c1-18-2-7-25(29)20(12-18)14-22(33)13-19-3-5-23(6-4-19)36-24-8-9-30-26(16-24)21-15-27(31-17-21)28(34)35-11-10-32/h2-9,12,15-17,31-32H,10-11,13-14H2,1H3. The van der Waals surface area contributed by atoms with Crippen molar-refractivity contribution >= 4 is 11.8 Å². The van der Waals surface area contributed by atoms with Gasteiger partial charge in [0, 0.05) is 36.9 Å². The Balaban J connectivity index is 1.37. The first kappa shape index (κ1) is 24.8. The maximum Gasteiger partial charge on any atom is 0.354 e. The average Bonchev–Trinajstić information content (AvgIpc) is 3.37. The Morgan fingerprint density at radius 3 is 2.58 bits per heavy atom. The first-order valence-electron chi connectivity index (χ1n) is 11.4. The summed E-state index contributed by atoms with van der Waals surface area (Å²) < 4.78 is 24.8. The van der Waals surface area contributed by atoms with Crippen LogP contribution in [0.1, 0.15) is 27.2 Å². The molecule has 0 saturated heterocycles. The van der Waals surface area contributed by atoms with Gasteiger partial charge in [-0.25, -0.2) is 9.18 Å². The third kappa shape index (κ3) is 6.43. The van der Waals surface area contributed by atoms with E-state index in [1.165, 1.54) is 6.07 Å². The van der Waals surface area contributed by atoms with Gasteiger partial charge in [-0.05, 0) is 48.4 Å². The molecule has 7 nitrogen and oxygen atoms in total. The molecule has 184 valence electrons. The Hall–Kier alpha value is -4.30. The lowest BCUT2D eigenvalue weighted by molar-refractivity contribution is -0.117.